The number of nitrogens with two attached hydrogens (primary N) is 1. The number of hydrogen-bond acceptors (Lipinski definition) is 2. The van der Waals surface area contributed by atoms with Gasteiger partial charge in [-0.2, -0.15) is 13.2 Å². The maximum absolute atomic E-state index is 12.7. The van der Waals surface area contributed by atoms with E-state index >= 15 is 0 Å². The molecule has 0 aliphatic carbocycles. The van der Waals surface area contributed by atoms with Crippen molar-refractivity contribution < 1.29 is 27.5 Å². The molecule has 0 bridgehead atoms. The summed E-state index contributed by atoms with van der Waals surface area (Å²) in [5.74, 6) is -3.11. The molecule has 0 amide bonds. The standard InChI is InChI=1S/C8H5F4NO2/c9-4-2-1-3(7(14)15)5(6(4)13)8(10,11)12/h1-2H,13H2,(H,14,15). The highest BCUT2D eigenvalue weighted by atomic mass is 19.4. The van der Waals surface area contributed by atoms with E-state index in [-0.39, 0.29) is 0 Å². The molecule has 15 heavy (non-hydrogen) atoms. The van der Waals surface area contributed by atoms with Crippen LogP contribution in [0.4, 0.5) is 23.2 Å². The monoisotopic (exact) mass is 223 g/mol. The van der Waals surface area contributed by atoms with E-state index in [1.807, 2.05) is 0 Å². The summed E-state index contributed by atoms with van der Waals surface area (Å²) in [6.07, 6.45) is -5.00. The smallest absolute Gasteiger partial charge is 0.419 e. The first-order valence-corrected chi connectivity index (χ1v) is 3.63. The minimum atomic E-state index is -5.00. The van der Waals surface area contributed by atoms with E-state index in [1.165, 1.54) is 0 Å². The van der Waals surface area contributed by atoms with Gasteiger partial charge in [0.15, 0.2) is 0 Å². The second kappa shape index (κ2) is 3.41. The van der Waals surface area contributed by atoms with Crippen LogP contribution in [-0.2, 0) is 6.18 Å². The minimum absolute atomic E-state index is 0.525. The second-order valence-electron chi connectivity index (χ2n) is 2.69. The van der Waals surface area contributed by atoms with Crippen LogP contribution in [0.25, 0.3) is 0 Å². The predicted molar refractivity (Wildman–Crippen MR) is 42.8 cm³/mol. The lowest BCUT2D eigenvalue weighted by Crippen LogP contribution is -2.16. The Labute approximate surface area is 81.1 Å². The average Bonchev–Trinajstić information content (AvgIpc) is 2.06. The lowest BCUT2D eigenvalue weighted by molar-refractivity contribution is -0.137. The van der Waals surface area contributed by atoms with Gasteiger partial charge in [0, 0.05) is 0 Å². The zero-order valence-electron chi connectivity index (χ0n) is 7.10. The highest BCUT2D eigenvalue weighted by Gasteiger charge is 2.38. The van der Waals surface area contributed by atoms with E-state index in [1.54, 1.807) is 0 Å². The molecular formula is C8H5F4NO2. The van der Waals surface area contributed by atoms with Gasteiger partial charge < -0.3 is 10.8 Å². The molecule has 0 unspecified atom stereocenters. The lowest BCUT2D eigenvalue weighted by atomic mass is 10.0. The van der Waals surface area contributed by atoms with E-state index in [4.69, 9.17) is 10.8 Å². The largest absolute Gasteiger partial charge is 0.478 e. The van der Waals surface area contributed by atoms with Gasteiger partial charge in [-0.3, -0.25) is 0 Å². The Kier molecular flexibility index (Phi) is 2.57. The van der Waals surface area contributed by atoms with E-state index in [0.717, 1.165) is 0 Å². The third-order valence-corrected chi connectivity index (χ3v) is 1.71. The molecule has 0 aromatic heterocycles. The van der Waals surface area contributed by atoms with Gasteiger partial charge in [-0.25, -0.2) is 9.18 Å². The molecule has 82 valence electrons. The van der Waals surface area contributed by atoms with Gasteiger partial charge in [-0.15, -0.1) is 0 Å². The summed E-state index contributed by atoms with van der Waals surface area (Å²) in [5.41, 5.74) is 0.917. The number of carboxylic acid groups (broad SMARTS) is 1. The molecule has 3 N–H and O–H groups in total. The van der Waals surface area contributed by atoms with E-state index in [0.29, 0.717) is 12.1 Å². The molecule has 0 saturated heterocycles. The number of alkyl halides is 3. The number of aromatic carboxylic acids is 1. The molecule has 0 spiro atoms. The SMILES string of the molecule is Nc1c(F)ccc(C(=O)O)c1C(F)(F)F. The van der Waals surface area contributed by atoms with Crippen LogP contribution in [-0.4, -0.2) is 11.1 Å². The Bertz CT molecular complexity index is 414. The van der Waals surface area contributed by atoms with Crippen molar-refractivity contribution in [2.75, 3.05) is 5.73 Å². The molecule has 0 atom stereocenters. The fraction of sp³-hybridized carbons (Fsp3) is 0.125. The third kappa shape index (κ3) is 2.00. The third-order valence-electron chi connectivity index (χ3n) is 1.71. The van der Waals surface area contributed by atoms with Gasteiger partial charge in [0.05, 0.1) is 16.8 Å². The van der Waals surface area contributed by atoms with Gasteiger partial charge in [0.25, 0.3) is 0 Å². The van der Waals surface area contributed by atoms with Crippen molar-refractivity contribution in [3.8, 4) is 0 Å². The summed E-state index contributed by atoms with van der Waals surface area (Å²) < 4.78 is 49.8. The highest BCUT2D eigenvalue weighted by molar-refractivity contribution is 5.91. The Morgan fingerprint density at radius 2 is 1.87 bits per heavy atom. The Morgan fingerprint density at radius 3 is 2.27 bits per heavy atom. The van der Waals surface area contributed by atoms with Crippen LogP contribution in [0.15, 0.2) is 12.1 Å². The number of nitrogen functional groups attached to an aromatic ring is 1. The van der Waals surface area contributed by atoms with Crippen molar-refractivity contribution in [1.82, 2.24) is 0 Å². The average molecular weight is 223 g/mol. The first kappa shape index (κ1) is 11.3. The van der Waals surface area contributed by atoms with Crippen molar-refractivity contribution in [2.24, 2.45) is 0 Å². The van der Waals surface area contributed by atoms with Gasteiger partial charge in [-0.1, -0.05) is 0 Å². The number of benzene rings is 1. The maximum Gasteiger partial charge on any atom is 0.419 e. The first-order chi connectivity index (χ1) is 6.75. The fourth-order valence-corrected chi connectivity index (χ4v) is 1.08. The molecule has 0 radical (unpaired) electrons. The van der Waals surface area contributed by atoms with E-state index < -0.39 is 34.8 Å². The van der Waals surface area contributed by atoms with Crippen LogP contribution in [0.1, 0.15) is 15.9 Å². The van der Waals surface area contributed by atoms with E-state index in [2.05, 4.69) is 0 Å². The van der Waals surface area contributed by atoms with Crippen molar-refractivity contribution in [3.63, 3.8) is 0 Å². The molecule has 1 rings (SSSR count). The number of anilines is 1. The number of carboxylic acids is 1. The van der Waals surface area contributed by atoms with Crippen molar-refractivity contribution in [2.45, 2.75) is 6.18 Å². The molecule has 1 aromatic rings. The summed E-state index contributed by atoms with van der Waals surface area (Å²) in [6, 6.07) is 1.10. The van der Waals surface area contributed by atoms with Crippen molar-refractivity contribution in [1.29, 1.82) is 0 Å². The van der Waals surface area contributed by atoms with Crippen molar-refractivity contribution >= 4 is 11.7 Å². The summed E-state index contributed by atoms with van der Waals surface area (Å²) in [4.78, 5) is 10.5. The Balaban J connectivity index is 3.57. The maximum atomic E-state index is 12.7. The lowest BCUT2D eigenvalue weighted by Gasteiger charge is -2.13. The van der Waals surface area contributed by atoms with Gasteiger partial charge >= 0.3 is 12.1 Å². The summed E-state index contributed by atoms with van der Waals surface area (Å²) in [7, 11) is 0. The van der Waals surface area contributed by atoms with Crippen molar-refractivity contribution in [3.05, 3.63) is 29.1 Å². The van der Waals surface area contributed by atoms with Crippen LogP contribution >= 0.6 is 0 Å². The highest BCUT2D eigenvalue weighted by Crippen LogP contribution is 2.37. The molecule has 0 aliphatic rings. The van der Waals surface area contributed by atoms with Crippen LogP contribution in [0.3, 0.4) is 0 Å². The van der Waals surface area contributed by atoms with Crippen LogP contribution < -0.4 is 5.73 Å². The first-order valence-electron chi connectivity index (χ1n) is 3.63. The molecule has 1 aromatic carbocycles. The predicted octanol–water partition coefficient (Wildman–Crippen LogP) is 2.12. The zero-order valence-corrected chi connectivity index (χ0v) is 7.10. The van der Waals surface area contributed by atoms with Gasteiger partial charge in [-0.05, 0) is 12.1 Å². The molecule has 3 nitrogen and oxygen atoms in total. The second-order valence-corrected chi connectivity index (χ2v) is 2.69. The molecule has 0 aliphatic heterocycles. The Hall–Kier alpha value is -1.79. The molecule has 7 heteroatoms. The number of rotatable bonds is 1. The normalized spacial score (nSPS) is 11.5. The Morgan fingerprint density at radius 1 is 1.33 bits per heavy atom. The molecule has 0 saturated carbocycles. The minimum Gasteiger partial charge on any atom is -0.478 e. The topological polar surface area (TPSA) is 63.3 Å². The van der Waals surface area contributed by atoms with Crippen LogP contribution in [0.5, 0.6) is 0 Å². The van der Waals surface area contributed by atoms with E-state index in [9.17, 15) is 22.4 Å². The van der Waals surface area contributed by atoms with Gasteiger partial charge in [0.2, 0.25) is 0 Å². The number of hydrogen-bond donors (Lipinski definition) is 2. The summed E-state index contributed by atoms with van der Waals surface area (Å²) in [5, 5.41) is 8.47. The molecule has 0 fully saturated rings. The van der Waals surface area contributed by atoms with Crippen LogP contribution in [0.2, 0.25) is 0 Å². The number of halogens is 4. The van der Waals surface area contributed by atoms with Gasteiger partial charge in [0.1, 0.15) is 5.82 Å². The quantitative estimate of drug-likeness (QED) is 0.566. The summed E-state index contributed by atoms with van der Waals surface area (Å²) >= 11 is 0. The number of carbonyl (C=O) groups is 1. The molecule has 0 heterocycles. The molecular weight excluding hydrogens is 218 g/mol. The zero-order chi connectivity index (χ0) is 11.8. The van der Waals surface area contributed by atoms with Crippen LogP contribution in [0, 0.1) is 5.82 Å². The summed E-state index contributed by atoms with van der Waals surface area (Å²) in [6.45, 7) is 0. The fourth-order valence-electron chi connectivity index (χ4n) is 1.08.